The molecule has 2 aromatic rings. The summed E-state index contributed by atoms with van der Waals surface area (Å²) in [4.78, 5) is 29.6. The third-order valence-corrected chi connectivity index (χ3v) is 6.07. The number of alkyl halides is 2. The molecule has 0 bridgehead atoms. The first kappa shape index (κ1) is 32.7. The molecule has 1 aliphatic heterocycles. The number of rotatable bonds is 9. The second-order valence-electron chi connectivity index (χ2n) is 9.05. The van der Waals surface area contributed by atoms with Gasteiger partial charge in [-0.25, -0.2) is 4.79 Å². The smallest absolute Gasteiger partial charge is 0.414 e. The Labute approximate surface area is 236 Å². The first-order valence-electron chi connectivity index (χ1n) is 12.7. The molecule has 0 spiro atoms. The molecule has 0 aliphatic carbocycles. The molecule has 1 saturated heterocycles. The minimum atomic E-state index is -3.18. The highest BCUT2D eigenvalue weighted by Gasteiger charge is 2.33. The number of aryl methyl sites for hydroxylation is 2. The van der Waals surface area contributed by atoms with E-state index < -0.39 is 23.4 Å². The Balaban J connectivity index is 0.00000131. The summed E-state index contributed by atoms with van der Waals surface area (Å²) in [6.07, 6.45) is 1.08. The molecule has 1 amide bonds. The van der Waals surface area contributed by atoms with E-state index in [1.165, 1.54) is 20.2 Å². The van der Waals surface area contributed by atoms with Crippen molar-refractivity contribution in [1.82, 2.24) is 4.98 Å². The van der Waals surface area contributed by atoms with Crippen molar-refractivity contribution in [1.29, 1.82) is 0 Å². The Kier molecular flexibility index (Phi) is 12.5. The molecule has 10 heteroatoms. The van der Waals surface area contributed by atoms with Crippen molar-refractivity contribution in [3.05, 3.63) is 101 Å². The average molecular weight is 575 g/mol. The van der Waals surface area contributed by atoms with E-state index in [-0.39, 0.29) is 35.5 Å². The molecule has 1 aromatic heterocycles. The number of nitrogens with one attached hydrogen (secondary N) is 1. The van der Waals surface area contributed by atoms with E-state index in [9.17, 15) is 18.4 Å². The summed E-state index contributed by atoms with van der Waals surface area (Å²) in [6, 6.07) is 12.7. The number of H-pyrrole nitrogens is 1. The van der Waals surface area contributed by atoms with E-state index in [1.807, 2.05) is 6.92 Å². The average Bonchev–Trinajstić information content (AvgIpc) is 3.28. The molecule has 1 aliphatic rings. The van der Waals surface area contributed by atoms with Gasteiger partial charge < -0.3 is 19.2 Å². The van der Waals surface area contributed by atoms with E-state index in [0.29, 0.717) is 23.4 Å². The van der Waals surface area contributed by atoms with E-state index in [1.54, 1.807) is 69.5 Å². The van der Waals surface area contributed by atoms with Gasteiger partial charge in [0.05, 0.1) is 12.3 Å². The van der Waals surface area contributed by atoms with Gasteiger partial charge in [-0.15, -0.1) is 6.58 Å². The number of methoxy groups -OCH3 is 1. The molecule has 1 fully saturated rings. The Hall–Kier alpha value is -3.55. The number of benzene rings is 1. The predicted molar refractivity (Wildman–Crippen MR) is 158 cm³/mol. The Bertz CT molecular complexity index is 1320. The van der Waals surface area contributed by atoms with Gasteiger partial charge in [0.15, 0.2) is 6.10 Å². The van der Waals surface area contributed by atoms with Crippen molar-refractivity contribution >= 4 is 21.0 Å². The van der Waals surface area contributed by atoms with Gasteiger partial charge in [-0.3, -0.25) is 9.69 Å². The van der Waals surface area contributed by atoms with Crippen LogP contribution in [0.2, 0.25) is 0 Å². The minimum Gasteiger partial charge on any atom is -0.494 e. The van der Waals surface area contributed by atoms with Crippen molar-refractivity contribution < 1.29 is 27.8 Å². The van der Waals surface area contributed by atoms with Crippen LogP contribution in [0.5, 0.6) is 0 Å². The number of halogens is 2. The summed E-state index contributed by atoms with van der Waals surface area (Å²) in [6.45, 7) is 13.8. The number of carbonyl (C=O) groups excluding carboxylic acids is 1. The first-order chi connectivity index (χ1) is 18.9. The molecular formula is C30H37F2N2O5P. The SMILES string of the molecule is C=CCC(=C)OCC1CN(c2ccccc(-c3ccc(C)cc3C(F)(F)P)[nH]c(=O)c(C)c2)C(=O)O1.CCOC. The summed E-state index contributed by atoms with van der Waals surface area (Å²) in [7, 11) is 3.22. The van der Waals surface area contributed by atoms with Gasteiger partial charge >= 0.3 is 6.09 Å². The zero-order chi connectivity index (χ0) is 29.9. The zero-order valence-electron chi connectivity index (χ0n) is 23.3. The molecule has 40 heavy (non-hydrogen) atoms. The number of amides is 1. The van der Waals surface area contributed by atoms with Crippen molar-refractivity contribution in [3.8, 4) is 11.3 Å². The maximum Gasteiger partial charge on any atom is 0.414 e. The number of cyclic esters (lactones) is 1. The van der Waals surface area contributed by atoms with Crippen molar-refractivity contribution in [2.45, 2.75) is 39.0 Å². The molecule has 2 atom stereocenters. The van der Waals surface area contributed by atoms with Gasteiger partial charge in [-0.2, -0.15) is 8.78 Å². The van der Waals surface area contributed by atoms with Crippen LogP contribution in [-0.2, 0) is 19.9 Å². The quantitative estimate of drug-likeness (QED) is 0.203. The fourth-order valence-electron chi connectivity index (χ4n) is 3.65. The van der Waals surface area contributed by atoms with Crippen LogP contribution < -0.4 is 10.5 Å². The molecule has 2 heterocycles. The number of nitrogens with zero attached hydrogens (tertiary/aromatic N) is 1. The predicted octanol–water partition coefficient (Wildman–Crippen LogP) is 6.79. The number of aromatic amines is 1. The van der Waals surface area contributed by atoms with Crippen LogP contribution in [0.3, 0.4) is 0 Å². The van der Waals surface area contributed by atoms with Crippen LogP contribution in [0.25, 0.3) is 11.3 Å². The van der Waals surface area contributed by atoms with Gasteiger partial charge in [0, 0.05) is 48.2 Å². The summed E-state index contributed by atoms with van der Waals surface area (Å²) in [5.74, 6) is 0.520. The standard InChI is InChI=1S/C27H29F2N2O4P.C3H8O/c1-5-8-19(4)34-16-21-15-31(26(33)35-21)20-9-6-7-10-24(30-25(32)18(3)14-20)22-12-11-17(2)13-23(22)27(28,29)36;1-3-4-2/h5-7,9-14,21H,1,4,8,15-16,36H2,2-3H3,(H,30,32);3H2,1-2H3. The van der Waals surface area contributed by atoms with Gasteiger partial charge in [-0.05, 0) is 45.0 Å². The molecule has 7 nitrogen and oxygen atoms in total. The minimum absolute atomic E-state index is 0.145. The van der Waals surface area contributed by atoms with Crippen LogP contribution in [-0.4, -0.2) is 44.0 Å². The summed E-state index contributed by atoms with van der Waals surface area (Å²) < 4.78 is 44.0. The third kappa shape index (κ3) is 9.57. The number of ether oxygens (including phenoxy) is 3. The van der Waals surface area contributed by atoms with E-state index in [4.69, 9.17) is 9.47 Å². The van der Waals surface area contributed by atoms with Gasteiger partial charge in [0.25, 0.3) is 11.2 Å². The molecule has 1 aromatic carbocycles. The maximum atomic E-state index is 14.3. The van der Waals surface area contributed by atoms with Crippen LogP contribution in [0.15, 0.2) is 78.3 Å². The highest BCUT2D eigenvalue weighted by molar-refractivity contribution is 7.17. The second-order valence-corrected chi connectivity index (χ2v) is 9.77. The fraction of sp³-hybridized carbons (Fsp3) is 0.333. The van der Waals surface area contributed by atoms with Gasteiger partial charge in [-0.1, -0.05) is 51.7 Å². The fourth-order valence-corrected chi connectivity index (χ4v) is 3.89. The van der Waals surface area contributed by atoms with Crippen LogP contribution in [0.4, 0.5) is 19.3 Å². The third-order valence-electron chi connectivity index (χ3n) is 5.76. The molecule has 1 N–H and O–H groups in total. The Morgan fingerprint density at radius 3 is 2.52 bits per heavy atom. The van der Waals surface area contributed by atoms with Crippen molar-refractivity contribution in [2.24, 2.45) is 0 Å². The molecule has 2 unspecified atom stereocenters. The van der Waals surface area contributed by atoms with Crippen LogP contribution >= 0.6 is 9.24 Å². The molecular weight excluding hydrogens is 537 g/mol. The second kappa shape index (κ2) is 15.3. The highest BCUT2D eigenvalue weighted by atomic mass is 31.0. The normalized spacial score (nSPS) is 14.4. The van der Waals surface area contributed by atoms with E-state index in [2.05, 4.69) is 22.9 Å². The van der Waals surface area contributed by atoms with E-state index >= 15 is 0 Å². The first-order valence-corrected chi connectivity index (χ1v) is 13.2. The van der Waals surface area contributed by atoms with E-state index in [0.717, 1.165) is 6.61 Å². The zero-order valence-corrected chi connectivity index (χ0v) is 24.5. The number of hydrogen-bond acceptors (Lipinski definition) is 5. The van der Waals surface area contributed by atoms with Crippen molar-refractivity contribution in [2.75, 3.05) is 31.8 Å². The maximum absolute atomic E-state index is 14.3. The summed E-state index contributed by atoms with van der Waals surface area (Å²) in [5, 5.41) is 0. The van der Waals surface area contributed by atoms with Crippen LogP contribution in [0.1, 0.15) is 30.0 Å². The molecule has 0 radical (unpaired) electrons. The molecule has 3 rings (SSSR count). The number of hydrogen-bond donors (Lipinski definition) is 1. The molecule has 216 valence electrons. The number of aromatic nitrogens is 1. The monoisotopic (exact) mass is 574 g/mol. The Morgan fingerprint density at radius 2 is 1.90 bits per heavy atom. The molecule has 0 saturated carbocycles. The summed E-state index contributed by atoms with van der Waals surface area (Å²) in [5.41, 5.74) is -2.05. The lowest BCUT2D eigenvalue weighted by Gasteiger charge is -2.16. The lowest BCUT2D eigenvalue weighted by molar-refractivity contribution is 0.0767. The van der Waals surface area contributed by atoms with Crippen LogP contribution in [0, 0.1) is 13.8 Å². The number of allylic oxidation sites excluding steroid dienone is 1. The van der Waals surface area contributed by atoms with Crippen molar-refractivity contribution in [3.63, 3.8) is 0 Å². The number of carbonyl (C=O) groups is 1. The lowest BCUT2D eigenvalue weighted by atomic mass is 10.0. The largest absolute Gasteiger partial charge is 0.494 e. The Morgan fingerprint density at radius 1 is 1.23 bits per heavy atom. The van der Waals surface area contributed by atoms with Gasteiger partial charge in [0.1, 0.15) is 6.61 Å². The lowest BCUT2D eigenvalue weighted by Crippen LogP contribution is -2.26. The summed E-state index contributed by atoms with van der Waals surface area (Å²) >= 11 is 0. The topological polar surface area (TPSA) is 80.9 Å². The highest BCUT2D eigenvalue weighted by Crippen LogP contribution is 2.40. The number of anilines is 1. The van der Waals surface area contributed by atoms with Gasteiger partial charge in [0.2, 0.25) is 0 Å².